The zero-order chi connectivity index (χ0) is 13.9. The summed E-state index contributed by atoms with van der Waals surface area (Å²) < 4.78 is 5.98. The second-order valence-corrected chi connectivity index (χ2v) is 5.93. The third-order valence-electron chi connectivity index (χ3n) is 4.88. The third-order valence-corrected chi connectivity index (χ3v) is 4.88. The first-order chi connectivity index (χ1) is 9.66. The Hall–Kier alpha value is -2.09. The monoisotopic (exact) mass is 264 g/mol. The van der Waals surface area contributed by atoms with Crippen LogP contribution in [0.1, 0.15) is 29.3 Å². The van der Waals surface area contributed by atoms with Crippen LogP contribution in [0.25, 0.3) is 5.76 Å². The zero-order valence-electron chi connectivity index (χ0n) is 11.5. The lowest BCUT2D eigenvalue weighted by Gasteiger charge is -2.39. The molecule has 0 fully saturated rings. The second kappa shape index (κ2) is 3.72. The number of ether oxygens (including phenoxy) is 1. The lowest BCUT2D eigenvalue weighted by atomic mass is 9.61. The minimum absolute atomic E-state index is 0.193. The lowest BCUT2D eigenvalue weighted by molar-refractivity contribution is 0.0845. The molecule has 0 saturated heterocycles. The average Bonchev–Trinajstić information content (AvgIpc) is 2.92. The van der Waals surface area contributed by atoms with Crippen LogP contribution in [0.2, 0.25) is 0 Å². The molecule has 1 heterocycles. The molecule has 1 aromatic carbocycles. The molecule has 1 aromatic rings. The molecule has 0 bridgehead atoms. The van der Waals surface area contributed by atoms with Crippen LogP contribution in [0.5, 0.6) is 0 Å². The summed E-state index contributed by atoms with van der Waals surface area (Å²) in [6.07, 6.45) is 4.79. The molecule has 20 heavy (non-hydrogen) atoms. The summed E-state index contributed by atoms with van der Waals surface area (Å²) in [5.41, 5.74) is 3.66. The van der Waals surface area contributed by atoms with Gasteiger partial charge in [0, 0.05) is 17.0 Å². The average molecular weight is 264 g/mol. The maximum Gasteiger partial charge on any atom is 0.173 e. The molecule has 0 saturated carbocycles. The van der Waals surface area contributed by atoms with Gasteiger partial charge in [0.1, 0.15) is 5.76 Å². The van der Waals surface area contributed by atoms with Crippen molar-refractivity contribution in [3.8, 4) is 0 Å². The second-order valence-electron chi connectivity index (χ2n) is 5.93. The standard InChI is InChI=1S/C18H16O2/c1-3-11-8-9-18(2)15-14(11)10-20-16(15)12-6-4-5-7-13(12)17(18)19/h3-8,14H,1,9-10H2,2H3/t14-,18+/m0/s1. The van der Waals surface area contributed by atoms with E-state index in [-0.39, 0.29) is 11.7 Å². The van der Waals surface area contributed by atoms with Gasteiger partial charge < -0.3 is 4.74 Å². The van der Waals surface area contributed by atoms with E-state index in [1.54, 1.807) is 0 Å². The van der Waals surface area contributed by atoms with Crippen molar-refractivity contribution >= 4 is 11.5 Å². The molecule has 0 aromatic heterocycles. The number of Topliss-reactive ketones (excluding diaryl/α,β-unsaturated/α-hetero) is 1. The fourth-order valence-electron chi connectivity index (χ4n) is 3.80. The van der Waals surface area contributed by atoms with Gasteiger partial charge in [-0.15, -0.1) is 0 Å². The molecular weight excluding hydrogens is 248 g/mol. The minimum Gasteiger partial charge on any atom is -0.492 e. The van der Waals surface area contributed by atoms with Crippen LogP contribution < -0.4 is 0 Å². The van der Waals surface area contributed by atoms with Gasteiger partial charge in [0.25, 0.3) is 0 Å². The highest BCUT2D eigenvalue weighted by Crippen LogP contribution is 2.55. The van der Waals surface area contributed by atoms with E-state index in [0.29, 0.717) is 6.61 Å². The molecule has 4 rings (SSSR count). The summed E-state index contributed by atoms with van der Waals surface area (Å²) in [5, 5.41) is 0. The normalized spacial score (nSPS) is 30.4. The Morgan fingerprint density at radius 2 is 2.10 bits per heavy atom. The first-order valence-electron chi connectivity index (χ1n) is 7.01. The Bertz CT molecular complexity index is 708. The summed E-state index contributed by atoms with van der Waals surface area (Å²) in [6, 6.07) is 7.79. The van der Waals surface area contributed by atoms with Crippen LogP contribution in [0.4, 0.5) is 0 Å². The molecule has 0 radical (unpaired) electrons. The van der Waals surface area contributed by atoms with E-state index >= 15 is 0 Å². The van der Waals surface area contributed by atoms with Gasteiger partial charge in [-0.25, -0.2) is 0 Å². The molecule has 2 nitrogen and oxygen atoms in total. The van der Waals surface area contributed by atoms with Gasteiger partial charge in [-0.2, -0.15) is 0 Å². The summed E-state index contributed by atoms with van der Waals surface area (Å²) in [4.78, 5) is 12.9. The SMILES string of the molecule is C=CC1=CC[C@@]2(C)C(=O)c3ccccc3C3=C2[C@H]1CO3. The molecule has 3 aliphatic rings. The van der Waals surface area contributed by atoms with Crippen molar-refractivity contribution in [1.82, 2.24) is 0 Å². The molecule has 2 heteroatoms. The maximum atomic E-state index is 12.9. The Balaban J connectivity index is 2.04. The first kappa shape index (κ1) is 11.7. The van der Waals surface area contributed by atoms with Crippen molar-refractivity contribution in [3.63, 3.8) is 0 Å². The van der Waals surface area contributed by atoms with Crippen molar-refractivity contribution in [1.29, 1.82) is 0 Å². The van der Waals surface area contributed by atoms with Crippen LogP contribution in [0.15, 0.2) is 54.1 Å². The fourth-order valence-corrected chi connectivity index (χ4v) is 3.80. The molecule has 0 spiro atoms. The Morgan fingerprint density at radius 1 is 1.35 bits per heavy atom. The predicted octanol–water partition coefficient (Wildman–Crippen LogP) is 3.76. The van der Waals surface area contributed by atoms with Gasteiger partial charge >= 0.3 is 0 Å². The number of ketones is 1. The van der Waals surface area contributed by atoms with E-state index in [0.717, 1.165) is 23.3 Å². The van der Waals surface area contributed by atoms with Crippen LogP contribution in [0, 0.1) is 11.3 Å². The number of hydrogen-bond donors (Lipinski definition) is 0. The van der Waals surface area contributed by atoms with E-state index in [1.807, 2.05) is 30.3 Å². The topological polar surface area (TPSA) is 26.3 Å². The Labute approximate surface area is 118 Å². The molecule has 0 amide bonds. The summed E-state index contributed by atoms with van der Waals surface area (Å²) in [7, 11) is 0. The fraction of sp³-hybridized carbons (Fsp3) is 0.278. The zero-order valence-corrected chi connectivity index (χ0v) is 11.5. The summed E-state index contributed by atoms with van der Waals surface area (Å²) in [5.74, 6) is 1.35. The minimum atomic E-state index is -0.447. The van der Waals surface area contributed by atoms with Gasteiger partial charge in [-0.1, -0.05) is 43.0 Å². The number of allylic oxidation sites excluding steroid dienone is 2. The number of fused-ring (bicyclic) bond motifs is 2. The smallest absolute Gasteiger partial charge is 0.173 e. The highest BCUT2D eigenvalue weighted by atomic mass is 16.5. The molecule has 100 valence electrons. The lowest BCUT2D eigenvalue weighted by Crippen LogP contribution is -2.38. The van der Waals surface area contributed by atoms with Crippen LogP contribution in [-0.4, -0.2) is 12.4 Å². The van der Waals surface area contributed by atoms with Gasteiger partial charge in [0.05, 0.1) is 12.0 Å². The highest BCUT2D eigenvalue weighted by molar-refractivity contribution is 6.10. The number of hydrogen-bond acceptors (Lipinski definition) is 2. The number of carbonyl (C=O) groups is 1. The molecular formula is C18H16O2. The van der Waals surface area contributed by atoms with E-state index < -0.39 is 5.41 Å². The van der Waals surface area contributed by atoms with E-state index in [4.69, 9.17) is 4.74 Å². The molecule has 0 N–H and O–H groups in total. The van der Waals surface area contributed by atoms with Crippen molar-refractivity contribution in [2.24, 2.45) is 11.3 Å². The van der Waals surface area contributed by atoms with Crippen LogP contribution in [0.3, 0.4) is 0 Å². The molecule has 2 aliphatic carbocycles. The molecule has 1 aliphatic heterocycles. The first-order valence-corrected chi connectivity index (χ1v) is 7.01. The molecule has 0 unspecified atom stereocenters. The van der Waals surface area contributed by atoms with Gasteiger partial charge in [-0.3, -0.25) is 4.79 Å². The number of carbonyl (C=O) groups excluding carboxylic acids is 1. The summed E-state index contributed by atoms with van der Waals surface area (Å²) in [6.45, 7) is 6.57. The van der Waals surface area contributed by atoms with Crippen LogP contribution in [-0.2, 0) is 4.74 Å². The van der Waals surface area contributed by atoms with Crippen molar-refractivity contribution < 1.29 is 9.53 Å². The third kappa shape index (κ3) is 1.22. The maximum absolute atomic E-state index is 12.9. The van der Waals surface area contributed by atoms with Gasteiger partial charge in [0.15, 0.2) is 5.78 Å². The Kier molecular flexibility index (Phi) is 2.18. The van der Waals surface area contributed by atoms with E-state index in [9.17, 15) is 4.79 Å². The van der Waals surface area contributed by atoms with Crippen LogP contribution >= 0.6 is 0 Å². The number of benzene rings is 1. The molecule has 2 atom stereocenters. The predicted molar refractivity (Wildman–Crippen MR) is 78.1 cm³/mol. The van der Waals surface area contributed by atoms with Crippen molar-refractivity contribution in [2.45, 2.75) is 13.3 Å². The van der Waals surface area contributed by atoms with E-state index in [2.05, 4.69) is 19.6 Å². The Morgan fingerprint density at radius 3 is 2.85 bits per heavy atom. The number of rotatable bonds is 1. The van der Waals surface area contributed by atoms with Crippen molar-refractivity contribution in [3.05, 3.63) is 65.3 Å². The van der Waals surface area contributed by atoms with Crippen molar-refractivity contribution in [2.75, 3.05) is 6.61 Å². The van der Waals surface area contributed by atoms with Gasteiger partial charge in [0.2, 0.25) is 0 Å². The van der Waals surface area contributed by atoms with Gasteiger partial charge in [-0.05, 0) is 24.5 Å². The summed E-state index contributed by atoms with van der Waals surface area (Å²) >= 11 is 0. The highest BCUT2D eigenvalue weighted by Gasteiger charge is 2.51. The van der Waals surface area contributed by atoms with E-state index in [1.165, 1.54) is 11.1 Å². The quantitative estimate of drug-likeness (QED) is 0.772. The largest absolute Gasteiger partial charge is 0.492 e.